The molecule has 1 atom stereocenters. The molecule has 2 fully saturated rings. The third kappa shape index (κ3) is 7.92. The Labute approximate surface area is 251 Å². The summed E-state index contributed by atoms with van der Waals surface area (Å²) in [7, 11) is 1.81. The minimum absolute atomic E-state index is 0.237. The molecule has 3 N–H and O–H groups in total. The Morgan fingerprint density at radius 1 is 1.19 bits per heavy atom. The van der Waals surface area contributed by atoms with Crippen LogP contribution in [0.25, 0.3) is 11.3 Å². The van der Waals surface area contributed by atoms with E-state index in [-0.39, 0.29) is 6.04 Å². The van der Waals surface area contributed by atoms with Crippen LogP contribution in [-0.2, 0) is 23.1 Å². The fraction of sp³-hybridized carbons (Fsp3) is 0.586. The van der Waals surface area contributed by atoms with Crippen LogP contribution in [0.2, 0.25) is 5.02 Å². The molecule has 1 aliphatic heterocycles. The fourth-order valence-electron chi connectivity index (χ4n) is 5.51. The summed E-state index contributed by atoms with van der Waals surface area (Å²) in [5.41, 5.74) is 1.14. The summed E-state index contributed by atoms with van der Waals surface area (Å²) in [4.78, 5) is 9.34. The van der Waals surface area contributed by atoms with E-state index in [0.717, 1.165) is 55.6 Å². The Bertz CT molecular complexity index is 1350. The first kappa shape index (κ1) is 30.1. The number of tetrazole rings is 1. The molecular weight excluding hydrogens is 556 g/mol. The lowest BCUT2D eigenvalue weighted by Crippen LogP contribution is -2.43. The van der Waals surface area contributed by atoms with E-state index >= 15 is 0 Å². The van der Waals surface area contributed by atoms with E-state index in [1.54, 1.807) is 17.9 Å². The first-order valence-electron chi connectivity index (χ1n) is 14.6. The maximum absolute atomic E-state index is 9.76. The predicted octanol–water partition coefficient (Wildman–Crippen LogP) is 3.97. The first-order valence-corrected chi connectivity index (χ1v) is 15.0. The molecule has 1 aliphatic carbocycles. The highest BCUT2D eigenvalue weighted by Gasteiger charge is 2.32. The first-order chi connectivity index (χ1) is 20.4. The Balaban J connectivity index is 1.11. The lowest BCUT2D eigenvalue weighted by molar-refractivity contribution is 0.0455. The summed E-state index contributed by atoms with van der Waals surface area (Å²) < 4.78 is 12.9. The van der Waals surface area contributed by atoms with Gasteiger partial charge in [-0.2, -0.15) is 5.26 Å². The van der Waals surface area contributed by atoms with Gasteiger partial charge in [0.2, 0.25) is 0 Å². The molecule has 4 heterocycles. The van der Waals surface area contributed by atoms with E-state index in [1.807, 2.05) is 24.3 Å². The SMILES string of the molecule is C[C@H](COCc1nnnn1C)N[C@H]1CC[C@H](Nc2cc(-c3cccc(NCC4(C#N)CCOCC4)n3)c(Cl)cn2)CC1. The van der Waals surface area contributed by atoms with Gasteiger partial charge in [0.25, 0.3) is 0 Å². The lowest BCUT2D eigenvalue weighted by atomic mass is 9.82. The fourth-order valence-corrected chi connectivity index (χ4v) is 5.71. The van der Waals surface area contributed by atoms with Gasteiger partial charge in [-0.3, -0.25) is 0 Å². The third-order valence-corrected chi connectivity index (χ3v) is 8.38. The van der Waals surface area contributed by atoms with E-state index in [9.17, 15) is 5.26 Å². The molecule has 2 aliphatic rings. The molecule has 3 aromatic heterocycles. The molecule has 0 bridgehead atoms. The Morgan fingerprint density at radius 2 is 1.98 bits per heavy atom. The summed E-state index contributed by atoms with van der Waals surface area (Å²) in [6.07, 6.45) is 7.34. The number of halogens is 1. The van der Waals surface area contributed by atoms with Crippen molar-refractivity contribution in [3.63, 3.8) is 0 Å². The molecule has 0 aromatic carbocycles. The summed E-state index contributed by atoms with van der Waals surface area (Å²) in [6, 6.07) is 11.3. The summed E-state index contributed by atoms with van der Waals surface area (Å²) >= 11 is 6.57. The number of pyridine rings is 2. The van der Waals surface area contributed by atoms with Crippen molar-refractivity contribution in [3.05, 3.63) is 41.3 Å². The average molecular weight is 595 g/mol. The van der Waals surface area contributed by atoms with Gasteiger partial charge in [0.05, 0.1) is 28.8 Å². The molecule has 42 heavy (non-hydrogen) atoms. The number of hydrogen-bond donors (Lipinski definition) is 3. The van der Waals surface area contributed by atoms with Gasteiger partial charge in [-0.15, -0.1) is 5.10 Å². The van der Waals surface area contributed by atoms with E-state index < -0.39 is 5.41 Å². The smallest absolute Gasteiger partial charge is 0.176 e. The molecule has 3 aromatic rings. The number of rotatable bonds is 12. The van der Waals surface area contributed by atoms with E-state index in [0.29, 0.717) is 61.7 Å². The third-order valence-electron chi connectivity index (χ3n) is 8.08. The zero-order chi connectivity index (χ0) is 29.4. The molecule has 224 valence electrons. The van der Waals surface area contributed by atoms with Crippen molar-refractivity contribution in [2.24, 2.45) is 12.5 Å². The van der Waals surface area contributed by atoms with Gasteiger partial charge >= 0.3 is 0 Å². The highest BCUT2D eigenvalue weighted by Crippen LogP contribution is 2.32. The van der Waals surface area contributed by atoms with E-state index in [1.165, 1.54) is 0 Å². The van der Waals surface area contributed by atoms with Crippen LogP contribution in [0, 0.1) is 16.7 Å². The summed E-state index contributed by atoms with van der Waals surface area (Å²) in [6.45, 7) is 4.90. The number of aryl methyl sites for hydroxylation is 1. The molecule has 0 unspecified atom stereocenters. The number of nitrogens with zero attached hydrogens (tertiary/aromatic N) is 7. The standard InChI is InChI=1S/C29H39ClN10O2/c1-20(16-42-17-28-37-38-39-40(28)2)34-21-6-8-22(9-7-21)35-27-14-23(24(30)15-32-27)25-4-3-5-26(36-25)33-19-29(18-31)10-12-41-13-11-29/h3-5,14-15,20-22,34H,6-13,16-17,19H2,1-2H3,(H,32,35)(H,33,36)/t20-,21-,22-/m1/s1. The monoisotopic (exact) mass is 594 g/mol. The second-order valence-corrected chi connectivity index (χ2v) is 11.7. The quantitative estimate of drug-likeness (QED) is 0.280. The van der Waals surface area contributed by atoms with Crippen molar-refractivity contribution in [2.75, 3.05) is 37.0 Å². The number of nitriles is 1. The minimum Gasteiger partial charge on any atom is -0.381 e. The van der Waals surface area contributed by atoms with Crippen molar-refractivity contribution in [1.29, 1.82) is 5.26 Å². The largest absolute Gasteiger partial charge is 0.381 e. The zero-order valence-corrected chi connectivity index (χ0v) is 25.0. The van der Waals surface area contributed by atoms with Crippen molar-refractivity contribution in [1.82, 2.24) is 35.5 Å². The maximum Gasteiger partial charge on any atom is 0.176 e. The van der Waals surface area contributed by atoms with Gasteiger partial charge in [0, 0.05) is 56.7 Å². The molecule has 5 rings (SSSR count). The molecule has 0 amide bonds. The summed E-state index contributed by atoms with van der Waals surface area (Å²) in [5, 5.41) is 32.4. The number of ether oxygens (including phenoxy) is 2. The van der Waals surface area contributed by atoms with Crippen LogP contribution < -0.4 is 16.0 Å². The Hall–Kier alpha value is -3.37. The number of nitrogens with one attached hydrogen (secondary N) is 3. The van der Waals surface area contributed by atoms with Gasteiger partial charge in [-0.25, -0.2) is 14.6 Å². The van der Waals surface area contributed by atoms with Crippen LogP contribution in [-0.4, -0.2) is 74.7 Å². The van der Waals surface area contributed by atoms with Crippen LogP contribution in [0.3, 0.4) is 0 Å². The van der Waals surface area contributed by atoms with Gasteiger partial charge in [-0.1, -0.05) is 17.7 Å². The van der Waals surface area contributed by atoms with Crippen LogP contribution in [0.5, 0.6) is 0 Å². The van der Waals surface area contributed by atoms with Gasteiger partial charge < -0.3 is 25.4 Å². The van der Waals surface area contributed by atoms with Crippen LogP contribution in [0.4, 0.5) is 11.6 Å². The molecule has 1 saturated heterocycles. The van der Waals surface area contributed by atoms with E-state index in [2.05, 4.69) is 49.5 Å². The predicted molar refractivity (Wildman–Crippen MR) is 160 cm³/mol. The van der Waals surface area contributed by atoms with Crippen molar-refractivity contribution < 1.29 is 9.47 Å². The van der Waals surface area contributed by atoms with Crippen LogP contribution in [0.1, 0.15) is 51.3 Å². The lowest BCUT2D eigenvalue weighted by Gasteiger charge is -2.32. The normalized spacial score (nSPS) is 20.9. The Kier molecular flexibility index (Phi) is 10.2. The average Bonchev–Trinajstić information content (AvgIpc) is 3.43. The van der Waals surface area contributed by atoms with Gasteiger partial charge in [0.15, 0.2) is 5.82 Å². The molecule has 1 saturated carbocycles. The maximum atomic E-state index is 9.76. The van der Waals surface area contributed by atoms with Gasteiger partial charge in [-0.05, 0) is 74.1 Å². The van der Waals surface area contributed by atoms with Crippen LogP contribution in [0.15, 0.2) is 30.5 Å². The topological polar surface area (TPSA) is 148 Å². The minimum atomic E-state index is -0.433. The Morgan fingerprint density at radius 3 is 2.71 bits per heavy atom. The molecular formula is C29H39ClN10O2. The van der Waals surface area contributed by atoms with Crippen LogP contribution >= 0.6 is 11.6 Å². The van der Waals surface area contributed by atoms with Crippen molar-refractivity contribution >= 4 is 23.2 Å². The number of anilines is 2. The van der Waals surface area contributed by atoms with Gasteiger partial charge in [0.1, 0.15) is 18.2 Å². The molecule has 13 heteroatoms. The molecule has 12 nitrogen and oxygen atoms in total. The highest BCUT2D eigenvalue weighted by molar-refractivity contribution is 6.33. The zero-order valence-electron chi connectivity index (χ0n) is 24.2. The number of hydrogen-bond acceptors (Lipinski definition) is 11. The van der Waals surface area contributed by atoms with E-state index in [4.69, 9.17) is 26.1 Å². The second kappa shape index (κ2) is 14.2. The van der Waals surface area contributed by atoms with Crippen molar-refractivity contribution in [2.45, 2.75) is 70.2 Å². The van der Waals surface area contributed by atoms with Crippen molar-refractivity contribution in [3.8, 4) is 17.3 Å². The number of aromatic nitrogens is 6. The second-order valence-electron chi connectivity index (χ2n) is 11.3. The molecule has 0 spiro atoms. The highest BCUT2D eigenvalue weighted by atomic mass is 35.5. The molecule has 0 radical (unpaired) electrons. The summed E-state index contributed by atoms with van der Waals surface area (Å²) in [5.74, 6) is 2.22.